The zero-order chi connectivity index (χ0) is 24.2. The Balaban J connectivity index is 0.000000288. The molecule has 5 nitrogen and oxygen atoms in total. The lowest BCUT2D eigenvalue weighted by molar-refractivity contribution is -0.129. The summed E-state index contributed by atoms with van der Waals surface area (Å²) in [4.78, 5) is 19.9. The molecule has 176 valence electrons. The molecule has 0 heterocycles. The van der Waals surface area contributed by atoms with E-state index in [0.29, 0.717) is 18.8 Å². The van der Waals surface area contributed by atoms with Gasteiger partial charge in [0, 0.05) is 13.7 Å². The van der Waals surface area contributed by atoms with Gasteiger partial charge in [0.25, 0.3) is 6.47 Å². The number of benzene rings is 3. The molecule has 3 aromatic rings. The first kappa shape index (κ1) is 27.6. The third kappa shape index (κ3) is 12.9. The summed E-state index contributed by atoms with van der Waals surface area (Å²) >= 11 is 0. The van der Waals surface area contributed by atoms with Gasteiger partial charge in [-0.3, -0.25) is 9.59 Å². The second-order valence-electron chi connectivity index (χ2n) is 7.11. The number of hydrogen-bond donors (Lipinski definition) is 0. The van der Waals surface area contributed by atoms with Crippen LogP contribution in [0, 0.1) is 6.92 Å². The first-order valence-electron chi connectivity index (χ1n) is 11.0. The number of methoxy groups -OCH3 is 1. The number of carbonyl (C=O) groups excluding carboxylic acids is 2. The number of ether oxygens (including phenoxy) is 3. The summed E-state index contributed by atoms with van der Waals surface area (Å²) in [6.45, 7) is 6.06. The van der Waals surface area contributed by atoms with Crippen molar-refractivity contribution in [3.63, 3.8) is 0 Å². The molecule has 0 amide bonds. The number of aryl methyl sites for hydroxylation is 1. The van der Waals surface area contributed by atoms with Crippen LogP contribution in [0.1, 0.15) is 30.9 Å². The maximum Gasteiger partial charge on any atom is 0.293 e. The average Bonchev–Trinajstić information content (AvgIpc) is 2.86. The van der Waals surface area contributed by atoms with E-state index in [2.05, 4.69) is 36.8 Å². The second-order valence-corrected chi connectivity index (χ2v) is 7.11. The summed E-state index contributed by atoms with van der Waals surface area (Å²) in [5.41, 5.74) is 4.58. The molecule has 3 aromatic carbocycles. The van der Waals surface area contributed by atoms with Crippen LogP contribution in [0.2, 0.25) is 0 Å². The smallest absolute Gasteiger partial charge is 0.293 e. The van der Waals surface area contributed by atoms with Crippen molar-refractivity contribution in [3.05, 3.63) is 90.0 Å². The molecule has 3 rings (SSSR count). The van der Waals surface area contributed by atoms with Crippen molar-refractivity contribution in [2.75, 3.05) is 20.3 Å². The van der Waals surface area contributed by atoms with Gasteiger partial charge in [0.2, 0.25) is 0 Å². The number of aldehydes is 1. The van der Waals surface area contributed by atoms with Crippen molar-refractivity contribution < 1.29 is 23.8 Å². The van der Waals surface area contributed by atoms with Crippen molar-refractivity contribution in [1.82, 2.24) is 0 Å². The highest BCUT2D eigenvalue weighted by molar-refractivity contribution is 5.65. The highest BCUT2D eigenvalue weighted by atomic mass is 16.5. The standard InChI is InChI=1S/C15H14O2.C8H8O2.C5H12O/c1-12-3-2-4-14(11-12)13-5-7-15(8-6-13)17-10-9-16;9-7-10-6-8-4-2-1-3-5-8;1-3-4-5-6-2/h2-9,11H,10H2,1H3;1-5,7H,6H2;3-5H2,1-2H3. The zero-order valence-electron chi connectivity index (χ0n) is 19.7. The molecule has 0 atom stereocenters. The van der Waals surface area contributed by atoms with E-state index in [1.165, 1.54) is 24.0 Å². The molecule has 0 fully saturated rings. The molecular weight excluding hydrogens is 416 g/mol. The number of rotatable bonds is 10. The summed E-state index contributed by atoms with van der Waals surface area (Å²) in [7, 11) is 1.73. The molecule has 0 aromatic heterocycles. The van der Waals surface area contributed by atoms with Gasteiger partial charge in [-0.15, -0.1) is 0 Å². The average molecular weight is 451 g/mol. The van der Waals surface area contributed by atoms with Gasteiger partial charge in [-0.1, -0.05) is 85.6 Å². The minimum Gasteiger partial charge on any atom is -0.486 e. The molecule has 0 aliphatic carbocycles. The van der Waals surface area contributed by atoms with E-state index < -0.39 is 0 Å². The third-order valence-corrected chi connectivity index (χ3v) is 4.39. The highest BCUT2D eigenvalue weighted by Crippen LogP contribution is 2.23. The van der Waals surface area contributed by atoms with E-state index in [9.17, 15) is 9.59 Å². The summed E-state index contributed by atoms with van der Waals surface area (Å²) in [5.74, 6) is 0.716. The summed E-state index contributed by atoms with van der Waals surface area (Å²) in [6, 6.07) is 25.6. The van der Waals surface area contributed by atoms with E-state index in [1.54, 1.807) is 7.11 Å². The molecule has 0 radical (unpaired) electrons. The van der Waals surface area contributed by atoms with Crippen LogP contribution in [-0.4, -0.2) is 33.1 Å². The van der Waals surface area contributed by atoms with E-state index in [1.807, 2.05) is 60.7 Å². The van der Waals surface area contributed by atoms with Gasteiger partial charge in [-0.25, -0.2) is 0 Å². The number of carbonyl (C=O) groups is 2. The van der Waals surface area contributed by atoms with E-state index in [0.717, 1.165) is 24.0 Å². The minimum atomic E-state index is 0.101. The van der Waals surface area contributed by atoms with Crippen LogP contribution in [0.25, 0.3) is 11.1 Å². The van der Waals surface area contributed by atoms with Gasteiger partial charge in [0.1, 0.15) is 19.0 Å². The Morgan fingerprint density at radius 3 is 2.12 bits per heavy atom. The van der Waals surface area contributed by atoms with Gasteiger partial charge in [0.05, 0.1) is 0 Å². The molecule has 0 saturated heterocycles. The Morgan fingerprint density at radius 1 is 0.848 bits per heavy atom. The van der Waals surface area contributed by atoms with Gasteiger partial charge in [-0.2, -0.15) is 0 Å². The predicted octanol–water partition coefficient (Wildman–Crippen LogP) is 6.03. The quantitative estimate of drug-likeness (QED) is 0.279. The highest BCUT2D eigenvalue weighted by Gasteiger charge is 1.98. The monoisotopic (exact) mass is 450 g/mol. The number of hydrogen-bond acceptors (Lipinski definition) is 5. The van der Waals surface area contributed by atoms with Gasteiger partial charge in [-0.05, 0) is 42.2 Å². The molecule has 5 heteroatoms. The summed E-state index contributed by atoms with van der Waals surface area (Å²) in [5, 5.41) is 0. The van der Waals surface area contributed by atoms with E-state index in [4.69, 9.17) is 9.47 Å². The normalized spacial score (nSPS) is 9.42. The van der Waals surface area contributed by atoms with E-state index in [-0.39, 0.29) is 6.61 Å². The molecule has 33 heavy (non-hydrogen) atoms. The van der Waals surface area contributed by atoms with Crippen LogP contribution in [0.3, 0.4) is 0 Å². The SMILES string of the molecule is CCCCOC.Cc1cccc(-c2ccc(OCC=O)cc2)c1.O=COCc1ccccc1. The maximum absolute atomic E-state index is 10.2. The van der Waals surface area contributed by atoms with Gasteiger partial charge in [0.15, 0.2) is 6.29 Å². The predicted molar refractivity (Wildman–Crippen MR) is 132 cm³/mol. The van der Waals surface area contributed by atoms with Crippen molar-refractivity contribution >= 4 is 12.8 Å². The lowest BCUT2D eigenvalue weighted by atomic mass is 10.0. The van der Waals surface area contributed by atoms with E-state index >= 15 is 0 Å². The fourth-order valence-corrected chi connectivity index (χ4v) is 2.69. The summed E-state index contributed by atoms with van der Waals surface area (Å²) in [6.07, 6.45) is 3.17. The van der Waals surface area contributed by atoms with Crippen LogP contribution in [-0.2, 0) is 25.7 Å². The molecule has 0 spiro atoms. The van der Waals surface area contributed by atoms with Gasteiger partial charge < -0.3 is 14.2 Å². The molecule has 0 aliphatic heterocycles. The lowest BCUT2D eigenvalue weighted by Gasteiger charge is -2.05. The first-order chi connectivity index (χ1) is 16.1. The molecule has 0 unspecified atom stereocenters. The van der Waals surface area contributed by atoms with Crippen molar-refractivity contribution in [1.29, 1.82) is 0 Å². The minimum absolute atomic E-state index is 0.101. The first-order valence-corrected chi connectivity index (χ1v) is 11.0. The Morgan fingerprint density at radius 2 is 1.58 bits per heavy atom. The fraction of sp³-hybridized carbons (Fsp3) is 0.286. The molecule has 0 N–H and O–H groups in total. The van der Waals surface area contributed by atoms with Crippen LogP contribution in [0.15, 0.2) is 78.9 Å². The molecular formula is C28H34O5. The Hall–Kier alpha value is -3.44. The Labute approximate surface area is 197 Å². The van der Waals surface area contributed by atoms with Crippen LogP contribution < -0.4 is 4.74 Å². The zero-order valence-corrected chi connectivity index (χ0v) is 19.7. The third-order valence-electron chi connectivity index (χ3n) is 4.39. The largest absolute Gasteiger partial charge is 0.486 e. The summed E-state index contributed by atoms with van der Waals surface area (Å²) < 4.78 is 14.5. The maximum atomic E-state index is 10.2. The molecule has 0 saturated carbocycles. The van der Waals surface area contributed by atoms with Crippen LogP contribution in [0.5, 0.6) is 5.75 Å². The molecule has 0 bridgehead atoms. The fourth-order valence-electron chi connectivity index (χ4n) is 2.69. The van der Waals surface area contributed by atoms with Crippen molar-refractivity contribution in [2.24, 2.45) is 0 Å². The van der Waals surface area contributed by atoms with Crippen molar-refractivity contribution in [2.45, 2.75) is 33.3 Å². The Kier molecular flexibility index (Phi) is 15.2. The van der Waals surface area contributed by atoms with Crippen LogP contribution in [0.4, 0.5) is 0 Å². The number of unbranched alkanes of at least 4 members (excludes halogenated alkanes) is 1. The Bertz CT molecular complexity index is 888. The second kappa shape index (κ2) is 18.2. The van der Waals surface area contributed by atoms with Crippen molar-refractivity contribution in [3.8, 4) is 16.9 Å². The lowest BCUT2D eigenvalue weighted by Crippen LogP contribution is -1.97. The van der Waals surface area contributed by atoms with Gasteiger partial charge >= 0.3 is 0 Å². The molecule has 0 aliphatic rings. The van der Waals surface area contributed by atoms with Crippen LogP contribution >= 0.6 is 0 Å². The topological polar surface area (TPSA) is 61.8 Å².